The summed E-state index contributed by atoms with van der Waals surface area (Å²) in [5.41, 5.74) is 1.61. The number of carbonyl (C=O) groups excluding carboxylic acids is 2. The Bertz CT molecular complexity index is 570. The fraction of sp³-hybridized carbons (Fsp3) is 0.556. The highest BCUT2D eigenvalue weighted by Crippen LogP contribution is 2.23. The van der Waals surface area contributed by atoms with E-state index < -0.39 is 0 Å². The number of carbonyl (C=O) groups is 2. The number of benzene rings is 1. The average Bonchev–Trinajstić information content (AvgIpc) is 3.04. The van der Waals surface area contributed by atoms with E-state index in [4.69, 9.17) is 0 Å². The molecular formula is C18H25N3O2. The normalized spacial score (nSPS) is 21.8. The minimum Gasteiger partial charge on any atom is -0.338 e. The lowest BCUT2D eigenvalue weighted by molar-refractivity contribution is -0.119. The molecule has 0 radical (unpaired) electrons. The highest BCUT2D eigenvalue weighted by atomic mass is 16.2. The highest BCUT2D eigenvalue weighted by Gasteiger charge is 2.26. The van der Waals surface area contributed by atoms with Crippen LogP contribution in [-0.2, 0) is 4.79 Å². The summed E-state index contributed by atoms with van der Waals surface area (Å²) >= 11 is 0. The number of piperidine rings is 1. The summed E-state index contributed by atoms with van der Waals surface area (Å²) in [5, 5.41) is 3.18. The van der Waals surface area contributed by atoms with Gasteiger partial charge in [-0.3, -0.25) is 9.59 Å². The smallest absolute Gasteiger partial charge is 0.253 e. The van der Waals surface area contributed by atoms with Gasteiger partial charge in [0.2, 0.25) is 5.91 Å². The second kappa shape index (κ2) is 7.13. The van der Waals surface area contributed by atoms with Crippen LogP contribution in [0.25, 0.3) is 0 Å². The van der Waals surface area contributed by atoms with Gasteiger partial charge in [0.1, 0.15) is 0 Å². The van der Waals surface area contributed by atoms with Gasteiger partial charge in [-0.1, -0.05) is 0 Å². The second-order valence-corrected chi connectivity index (χ2v) is 6.51. The number of nitrogens with zero attached hydrogens (tertiary/aromatic N) is 2. The van der Waals surface area contributed by atoms with E-state index >= 15 is 0 Å². The van der Waals surface area contributed by atoms with Gasteiger partial charge in [0.05, 0.1) is 0 Å². The summed E-state index contributed by atoms with van der Waals surface area (Å²) < 4.78 is 0. The van der Waals surface area contributed by atoms with E-state index in [0.29, 0.717) is 17.9 Å². The van der Waals surface area contributed by atoms with E-state index in [9.17, 15) is 9.59 Å². The Morgan fingerprint density at radius 3 is 2.70 bits per heavy atom. The van der Waals surface area contributed by atoms with Crippen molar-refractivity contribution in [3.8, 4) is 0 Å². The minimum atomic E-state index is 0.0973. The van der Waals surface area contributed by atoms with Crippen LogP contribution in [0.3, 0.4) is 0 Å². The Hall–Kier alpha value is -1.88. The molecule has 5 nitrogen and oxygen atoms in total. The number of rotatable bonds is 4. The topological polar surface area (TPSA) is 52.7 Å². The van der Waals surface area contributed by atoms with Crippen LogP contribution in [0.4, 0.5) is 5.69 Å². The predicted molar refractivity (Wildman–Crippen MR) is 90.6 cm³/mol. The lowest BCUT2D eigenvalue weighted by atomic mass is 10.1. The maximum Gasteiger partial charge on any atom is 0.253 e. The van der Waals surface area contributed by atoms with Crippen LogP contribution in [0, 0.1) is 5.92 Å². The first-order valence-electron chi connectivity index (χ1n) is 8.53. The summed E-state index contributed by atoms with van der Waals surface area (Å²) in [6.07, 6.45) is 3.72. The van der Waals surface area contributed by atoms with Gasteiger partial charge in [0.15, 0.2) is 0 Å². The second-order valence-electron chi connectivity index (χ2n) is 6.51. The molecule has 0 aliphatic carbocycles. The van der Waals surface area contributed by atoms with Crippen LogP contribution in [-0.4, -0.2) is 49.9 Å². The predicted octanol–water partition coefficient (Wildman–Crippen LogP) is 1.88. The van der Waals surface area contributed by atoms with Crippen LogP contribution in [0.5, 0.6) is 0 Å². The average molecular weight is 315 g/mol. The summed E-state index contributed by atoms with van der Waals surface area (Å²) in [5.74, 6) is 0.832. The van der Waals surface area contributed by atoms with Gasteiger partial charge in [-0.2, -0.15) is 0 Å². The van der Waals surface area contributed by atoms with Crippen molar-refractivity contribution in [1.29, 1.82) is 0 Å². The molecule has 23 heavy (non-hydrogen) atoms. The van der Waals surface area contributed by atoms with Gasteiger partial charge in [0, 0.05) is 37.3 Å². The van der Waals surface area contributed by atoms with E-state index in [0.717, 1.165) is 51.1 Å². The van der Waals surface area contributed by atoms with E-state index in [1.54, 1.807) is 0 Å². The molecule has 2 heterocycles. The summed E-state index contributed by atoms with van der Waals surface area (Å²) in [4.78, 5) is 28.3. The first kappa shape index (κ1) is 16.0. The van der Waals surface area contributed by atoms with Crippen LogP contribution in [0.1, 0.15) is 36.0 Å². The standard InChI is InChI=1S/C18H25N3O2/c1-19-12-14-9-11-20(13-14)18(23)15-5-7-16(8-6-15)21-10-3-2-4-17(21)22/h5-8,14,19H,2-4,9-13H2,1H3/t14-/m1/s1. The molecule has 1 aromatic rings. The zero-order chi connectivity index (χ0) is 16.2. The van der Waals surface area contributed by atoms with E-state index in [-0.39, 0.29) is 11.8 Å². The van der Waals surface area contributed by atoms with Crippen molar-refractivity contribution >= 4 is 17.5 Å². The van der Waals surface area contributed by atoms with Gasteiger partial charge >= 0.3 is 0 Å². The summed E-state index contributed by atoms with van der Waals surface area (Å²) in [6.45, 7) is 3.40. The zero-order valence-electron chi connectivity index (χ0n) is 13.8. The van der Waals surface area contributed by atoms with Crippen molar-refractivity contribution in [1.82, 2.24) is 10.2 Å². The summed E-state index contributed by atoms with van der Waals surface area (Å²) in [7, 11) is 1.95. The highest BCUT2D eigenvalue weighted by molar-refractivity contribution is 5.97. The zero-order valence-corrected chi connectivity index (χ0v) is 13.8. The molecule has 124 valence electrons. The molecule has 1 aromatic carbocycles. The molecule has 2 fully saturated rings. The SMILES string of the molecule is CNC[C@H]1CCN(C(=O)c2ccc(N3CCCCC3=O)cc2)C1. The molecule has 0 bridgehead atoms. The van der Waals surface area contributed by atoms with Gasteiger partial charge in [-0.25, -0.2) is 0 Å². The molecule has 0 unspecified atom stereocenters. The Labute approximate surface area is 137 Å². The van der Waals surface area contributed by atoms with Gasteiger partial charge in [0.25, 0.3) is 5.91 Å². The maximum atomic E-state index is 12.6. The maximum absolute atomic E-state index is 12.6. The monoisotopic (exact) mass is 315 g/mol. The molecule has 0 aromatic heterocycles. The molecule has 2 aliphatic rings. The van der Waals surface area contributed by atoms with Crippen LogP contribution in [0.2, 0.25) is 0 Å². The molecule has 5 heteroatoms. The third-order valence-electron chi connectivity index (χ3n) is 4.82. The number of hydrogen-bond acceptors (Lipinski definition) is 3. The molecule has 0 spiro atoms. The van der Waals surface area contributed by atoms with Crippen LogP contribution >= 0.6 is 0 Å². The van der Waals surface area contributed by atoms with Gasteiger partial charge < -0.3 is 15.1 Å². The molecule has 2 saturated heterocycles. The Balaban J connectivity index is 1.65. The van der Waals surface area contributed by atoms with Crippen LogP contribution in [0.15, 0.2) is 24.3 Å². The molecule has 3 rings (SSSR count). The minimum absolute atomic E-state index is 0.0973. The molecule has 2 amide bonds. The first-order chi connectivity index (χ1) is 11.2. The van der Waals surface area contributed by atoms with Crippen molar-refractivity contribution in [3.05, 3.63) is 29.8 Å². The lowest BCUT2D eigenvalue weighted by Gasteiger charge is -2.27. The summed E-state index contributed by atoms with van der Waals surface area (Å²) in [6, 6.07) is 7.51. The van der Waals surface area contributed by atoms with Crippen LogP contribution < -0.4 is 10.2 Å². The number of amides is 2. The van der Waals surface area contributed by atoms with Gasteiger partial charge in [-0.05, 0) is 63.0 Å². The third kappa shape index (κ3) is 3.55. The number of likely N-dealkylation sites (tertiary alicyclic amines) is 1. The fourth-order valence-electron chi connectivity index (χ4n) is 3.52. The first-order valence-corrected chi connectivity index (χ1v) is 8.53. The van der Waals surface area contributed by atoms with Crippen molar-refractivity contribution in [2.75, 3.05) is 38.1 Å². The number of anilines is 1. The van der Waals surface area contributed by atoms with E-state index in [1.165, 1.54) is 0 Å². The largest absolute Gasteiger partial charge is 0.338 e. The molecular weight excluding hydrogens is 290 g/mol. The van der Waals surface area contributed by atoms with Crippen molar-refractivity contribution in [2.24, 2.45) is 5.92 Å². The van der Waals surface area contributed by atoms with Gasteiger partial charge in [-0.15, -0.1) is 0 Å². The van der Waals surface area contributed by atoms with E-state index in [2.05, 4.69) is 5.32 Å². The molecule has 1 N–H and O–H groups in total. The number of hydrogen-bond donors (Lipinski definition) is 1. The van der Waals surface area contributed by atoms with Crippen molar-refractivity contribution in [3.63, 3.8) is 0 Å². The Morgan fingerprint density at radius 1 is 1.22 bits per heavy atom. The Kier molecular flexibility index (Phi) is 4.96. The molecule has 2 aliphatic heterocycles. The van der Waals surface area contributed by atoms with E-state index in [1.807, 2.05) is 41.1 Å². The van der Waals surface area contributed by atoms with Crippen molar-refractivity contribution in [2.45, 2.75) is 25.7 Å². The number of nitrogens with one attached hydrogen (secondary N) is 1. The van der Waals surface area contributed by atoms with Crippen molar-refractivity contribution < 1.29 is 9.59 Å². The third-order valence-corrected chi connectivity index (χ3v) is 4.82. The Morgan fingerprint density at radius 2 is 2.00 bits per heavy atom. The lowest BCUT2D eigenvalue weighted by Crippen LogP contribution is -2.35. The fourth-order valence-corrected chi connectivity index (χ4v) is 3.52. The molecule has 1 atom stereocenters. The molecule has 0 saturated carbocycles. The quantitative estimate of drug-likeness (QED) is 0.923.